The van der Waals surface area contributed by atoms with E-state index in [0.29, 0.717) is 13.0 Å². The van der Waals surface area contributed by atoms with Gasteiger partial charge in [-0.2, -0.15) is 0 Å². The highest BCUT2D eigenvalue weighted by atomic mass is 16.6. The third-order valence-corrected chi connectivity index (χ3v) is 2.36. The molecular formula is C12H19NO5. The molecule has 1 atom stereocenters. The van der Waals surface area contributed by atoms with Gasteiger partial charge in [-0.3, -0.25) is 4.79 Å². The molecule has 1 fully saturated rings. The summed E-state index contributed by atoms with van der Waals surface area (Å²) in [4.78, 5) is 24.4. The molecule has 102 valence electrons. The second kappa shape index (κ2) is 7.13. The van der Waals surface area contributed by atoms with Crippen molar-refractivity contribution in [1.29, 1.82) is 0 Å². The number of carbonyl (C=O) groups is 2. The number of hydrogen-bond donors (Lipinski definition) is 1. The van der Waals surface area contributed by atoms with E-state index in [-0.39, 0.29) is 24.8 Å². The highest BCUT2D eigenvalue weighted by Crippen LogP contribution is 2.04. The summed E-state index contributed by atoms with van der Waals surface area (Å²) < 4.78 is 9.56. The van der Waals surface area contributed by atoms with Crippen molar-refractivity contribution >= 4 is 11.9 Å². The average Bonchev–Trinajstić information content (AvgIpc) is 3.14. The minimum Gasteiger partial charge on any atom is -0.463 e. The molecule has 0 aromatic heterocycles. The van der Waals surface area contributed by atoms with Crippen LogP contribution in [-0.2, 0) is 19.1 Å². The van der Waals surface area contributed by atoms with Gasteiger partial charge in [0.25, 0.3) is 0 Å². The highest BCUT2D eigenvalue weighted by Gasteiger charge is 2.18. The Morgan fingerprint density at radius 1 is 1.33 bits per heavy atom. The zero-order valence-corrected chi connectivity index (χ0v) is 10.6. The first-order valence-electron chi connectivity index (χ1n) is 5.87. The molecule has 0 aromatic carbocycles. The summed E-state index contributed by atoms with van der Waals surface area (Å²) in [6.45, 7) is 7.32. The van der Waals surface area contributed by atoms with Crippen LogP contribution in [0.4, 0.5) is 0 Å². The van der Waals surface area contributed by atoms with Crippen molar-refractivity contribution in [3.05, 3.63) is 12.2 Å². The Labute approximate surface area is 106 Å². The van der Waals surface area contributed by atoms with Crippen molar-refractivity contribution in [2.75, 3.05) is 32.8 Å². The average molecular weight is 257 g/mol. The summed E-state index contributed by atoms with van der Waals surface area (Å²) >= 11 is 0. The third-order valence-electron chi connectivity index (χ3n) is 2.36. The smallest absolute Gasteiger partial charge is 0.333 e. The molecule has 0 amide bonds. The van der Waals surface area contributed by atoms with Crippen molar-refractivity contribution in [2.24, 2.45) is 0 Å². The predicted molar refractivity (Wildman–Crippen MR) is 63.8 cm³/mol. The van der Waals surface area contributed by atoms with Crippen LogP contribution in [-0.4, -0.2) is 60.9 Å². The lowest BCUT2D eigenvalue weighted by atomic mass is 10.3. The summed E-state index contributed by atoms with van der Waals surface area (Å²) in [5, 5.41) is 9.42. The van der Waals surface area contributed by atoms with Crippen molar-refractivity contribution in [2.45, 2.75) is 19.4 Å². The molecule has 1 saturated heterocycles. The molecule has 1 N–H and O–H groups in total. The number of esters is 2. The Bertz CT molecular complexity index is 324. The van der Waals surface area contributed by atoms with Gasteiger partial charge in [-0.25, -0.2) is 4.79 Å². The molecular weight excluding hydrogens is 238 g/mol. The lowest BCUT2D eigenvalue weighted by Gasteiger charge is -2.12. The molecule has 0 bridgehead atoms. The van der Waals surface area contributed by atoms with Gasteiger partial charge in [0.15, 0.2) is 0 Å². The molecule has 6 nitrogen and oxygen atoms in total. The Kier molecular flexibility index (Phi) is 5.80. The zero-order valence-electron chi connectivity index (χ0n) is 10.6. The summed E-state index contributed by atoms with van der Waals surface area (Å²) in [5.41, 5.74) is 0.262. The maximum Gasteiger partial charge on any atom is 0.333 e. The molecule has 6 heteroatoms. The number of aliphatic hydroxyl groups excluding tert-OH is 1. The monoisotopic (exact) mass is 257 g/mol. The number of aliphatic hydroxyl groups is 1. The fourth-order valence-electron chi connectivity index (χ4n) is 1.15. The lowest BCUT2D eigenvalue weighted by Crippen LogP contribution is -2.26. The predicted octanol–water partition coefficient (Wildman–Crippen LogP) is -0.285. The van der Waals surface area contributed by atoms with Crippen LogP contribution >= 0.6 is 0 Å². The number of rotatable bonds is 8. The fourth-order valence-corrected chi connectivity index (χ4v) is 1.15. The van der Waals surface area contributed by atoms with Gasteiger partial charge >= 0.3 is 11.9 Å². The van der Waals surface area contributed by atoms with Crippen LogP contribution < -0.4 is 0 Å². The van der Waals surface area contributed by atoms with E-state index in [2.05, 4.69) is 11.5 Å². The molecule has 18 heavy (non-hydrogen) atoms. The normalized spacial score (nSPS) is 15.9. The maximum atomic E-state index is 11.2. The van der Waals surface area contributed by atoms with Crippen LogP contribution in [0.3, 0.4) is 0 Å². The van der Waals surface area contributed by atoms with Gasteiger partial charge in [0.1, 0.15) is 19.3 Å². The number of carbonyl (C=O) groups excluding carboxylic acids is 2. The first kappa shape index (κ1) is 14.7. The van der Waals surface area contributed by atoms with Gasteiger partial charge in [-0.1, -0.05) is 6.58 Å². The standard InChI is InChI=1S/C12H19NO5/c1-9(2)12(16)18-8-10(14)7-17-11(15)3-4-13-5-6-13/h10,14H,1,3-8H2,2H3. The van der Waals surface area contributed by atoms with E-state index in [1.54, 1.807) is 0 Å². The molecule has 0 aromatic rings. The highest BCUT2D eigenvalue weighted by molar-refractivity contribution is 5.86. The summed E-state index contributed by atoms with van der Waals surface area (Å²) in [6, 6.07) is 0. The molecule has 1 unspecified atom stereocenters. The van der Waals surface area contributed by atoms with E-state index >= 15 is 0 Å². The van der Waals surface area contributed by atoms with Crippen LogP contribution in [0.2, 0.25) is 0 Å². The van der Waals surface area contributed by atoms with Crippen molar-refractivity contribution in [3.8, 4) is 0 Å². The Balaban J connectivity index is 2.04. The first-order valence-corrected chi connectivity index (χ1v) is 5.87. The van der Waals surface area contributed by atoms with Gasteiger partial charge in [-0.15, -0.1) is 0 Å². The number of nitrogens with zero attached hydrogens (tertiary/aromatic N) is 1. The van der Waals surface area contributed by atoms with E-state index in [1.807, 2.05) is 0 Å². The van der Waals surface area contributed by atoms with E-state index in [1.165, 1.54) is 6.92 Å². The van der Waals surface area contributed by atoms with Gasteiger partial charge < -0.3 is 19.5 Å². The van der Waals surface area contributed by atoms with Gasteiger partial charge in [0.05, 0.1) is 6.42 Å². The van der Waals surface area contributed by atoms with E-state index < -0.39 is 12.1 Å². The Morgan fingerprint density at radius 3 is 2.50 bits per heavy atom. The summed E-state index contributed by atoms with van der Waals surface area (Å²) in [7, 11) is 0. The Morgan fingerprint density at radius 2 is 1.94 bits per heavy atom. The van der Waals surface area contributed by atoms with Crippen LogP contribution in [0.15, 0.2) is 12.2 Å². The Hall–Kier alpha value is -1.40. The molecule has 0 aliphatic carbocycles. The van der Waals surface area contributed by atoms with Crippen LogP contribution in [0.5, 0.6) is 0 Å². The second-order valence-corrected chi connectivity index (χ2v) is 4.31. The molecule has 1 heterocycles. The first-order chi connectivity index (χ1) is 8.49. The van der Waals surface area contributed by atoms with E-state index in [9.17, 15) is 14.7 Å². The molecule has 0 spiro atoms. The maximum absolute atomic E-state index is 11.2. The molecule has 1 aliphatic rings. The molecule has 1 rings (SSSR count). The zero-order chi connectivity index (χ0) is 13.5. The molecule has 0 radical (unpaired) electrons. The lowest BCUT2D eigenvalue weighted by molar-refractivity contribution is -0.150. The van der Waals surface area contributed by atoms with Crippen LogP contribution in [0, 0.1) is 0 Å². The van der Waals surface area contributed by atoms with Crippen LogP contribution in [0.25, 0.3) is 0 Å². The van der Waals surface area contributed by atoms with Gasteiger partial charge in [0.2, 0.25) is 0 Å². The van der Waals surface area contributed by atoms with E-state index in [0.717, 1.165) is 13.1 Å². The van der Waals surface area contributed by atoms with Gasteiger partial charge in [-0.05, 0) is 6.92 Å². The summed E-state index contributed by atoms with van der Waals surface area (Å²) in [5.74, 6) is -0.922. The van der Waals surface area contributed by atoms with Gasteiger partial charge in [0, 0.05) is 25.2 Å². The third kappa shape index (κ3) is 6.36. The minimum absolute atomic E-state index is 0.164. The topological polar surface area (TPSA) is 75.8 Å². The molecule has 0 saturated carbocycles. The fraction of sp³-hybridized carbons (Fsp3) is 0.667. The number of ether oxygens (including phenoxy) is 2. The second-order valence-electron chi connectivity index (χ2n) is 4.31. The quantitative estimate of drug-likeness (QED) is 0.366. The van der Waals surface area contributed by atoms with E-state index in [4.69, 9.17) is 9.47 Å². The van der Waals surface area contributed by atoms with Crippen molar-refractivity contribution < 1.29 is 24.2 Å². The largest absolute Gasteiger partial charge is 0.463 e. The SMILES string of the molecule is C=C(C)C(=O)OCC(O)COC(=O)CCN1CC1. The van der Waals surface area contributed by atoms with Crippen molar-refractivity contribution in [1.82, 2.24) is 4.90 Å². The van der Waals surface area contributed by atoms with Crippen molar-refractivity contribution in [3.63, 3.8) is 0 Å². The minimum atomic E-state index is -1.00. The summed E-state index contributed by atoms with van der Waals surface area (Å²) in [6.07, 6.45) is -0.684. The molecule has 1 aliphatic heterocycles. The number of hydrogen-bond acceptors (Lipinski definition) is 6. The van der Waals surface area contributed by atoms with Crippen LogP contribution in [0.1, 0.15) is 13.3 Å².